The first kappa shape index (κ1) is 20.9. The minimum Gasteiger partial charge on any atom is -0.350 e. The molecule has 0 radical (unpaired) electrons. The Balaban J connectivity index is 1.34. The van der Waals surface area contributed by atoms with Gasteiger partial charge in [0.1, 0.15) is 0 Å². The van der Waals surface area contributed by atoms with Crippen LogP contribution in [0.25, 0.3) is 0 Å². The van der Waals surface area contributed by atoms with Crippen molar-refractivity contribution in [3.05, 3.63) is 35.4 Å². The van der Waals surface area contributed by atoms with Crippen LogP contribution in [-0.2, 0) is 20.8 Å². The number of hydrogen-bond donors (Lipinski definition) is 1. The summed E-state index contributed by atoms with van der Waals surface area (Å²) in [5.74, 6) is 0.179. The van der Waals surface area contributed by atoms with Gasteiger partial charge in [0.2, 0.25) is 17.7 Å². The highest BCUT2D eigenvalue weighted by Crippen LogP contribution is 2.30. The molecule has 3 amide bonds. The van der Waals surface area contributed by atoms with Crippen molar-refractivity contribution in [1.29, 1.82) is 0 Å². The van der Waals surface area contributed by atoms with Crippen LogP contribution in [0, 0.1) is 6.92 Å². The molecule has 30 heavy (non-hydrogen) atoms. The van der Waals surface area contributed by atoms with Gasteiger partial charge in [-0.1, -0.05) is 42.7 Å². The van der Waals surface area contributed by atoms with Gasteiger partial charge in [0.05, 0.1) is 6.54 Å². The molecule has 1 aromatic rings. The number of nitrogens with zero attached hydrogens (tertiary/aromatic N) is 2. The normalized spacial score (nSPS) is 25.1. The fourth-order valence-electron chi connectivity index (χ4n) is 5.28. The number of carbonyl (C=O) groups excluding carboxylic acids is 3. The van der Waals surface area contributed by atoms with Gasteiger partial charge in [-0.05, 0) is 44.6 Å². The van der Waals surface area contributed by atoms with Gasteiger partial charge in [-0.3, -0.25) is 14.4 Å². The first-order chi connectivity index (χ1) is 14.4. The van der Waals surface area contributed by atoms with Crippen LogP contribution in [0.1, 0.15) is 62.5 Å². The summed E-state index contributed by atoms with van der Waals surface area (Å²) < 4.78 is 0. The number of carbonyl (C=O) groups is 3. The van der Waals surface area contributed by atoms with Gasteiger partial charge >= 0.3 is 0 Å². The van der Waals surface area contributed by atoms with E-state index in [2.05, 4.69) is 36.5 Å². The van der Waals surface area contributed by atoms with Crippen molar-refractivity contribution in [2.24, 2.45) is 0 Å². The van der Waals surface area contributed by atoms with E-state index in [0.29, 0.717) is 38.4 Å². The Labute approximate surface area is 179 Å². The third-order valence-corrected chi connectivity index (χ3v) is 7.09. The first-order valence-corrected chi connectivity index (χ1v) is 11.4. The van der Waals surface area contributed by atoms with Crippen molar-refractivity contribution in [3.8, 4) is 0 Å². The van der Waals surface area contributed by atoms with Crippen LogP contribution in [-0.4, -0.2) is 58.7 Å². The standard InChI is InChI=1S/C24H33N3O3/c1-18-6-8-19(9-7-18)16-24(12-10-21(28)25-24)13-11-22(29)26-14-15-27(23(30)17-26)20-4-2-3-5-20/h6-9,20H,2-5,10-17H2,1H3,(H,25,28)/t24-/m1/s1. The third-order valence-electron chi connectivity index (χ3n) is 7.09. The molecule has 0 aromatic heterocycles. The smallest absolute Gasteiger partial charge is 0.242 e. The number of amides is 3. The Kier molecular flexibility index (Phi) is 6.11. The number of nitrogens with one attached hydrogen (secondary N) is 1. The molecular weight excluding hydrogens is 378 g/mol. The molecule has 6 nitrogen and oxygen atoms in total. The Morgan fingerprint density at radius 2 is 1.87 bits per heavy atom. The zero-order chi connectivity index (χ0) is 21.1. The molecule has 4 rings (SSSR count). The molecular formula is C24H33N3O3. The molecule has 3 fully saturated rings. The summed E-state index contributed by atoms with van der Waals surface area (Å²) in [5, 5.41) is 3.16. The highest BCUT2D eigenvalue weighted by molar-refractivity contribution is 5.86. The molecule has 2 saturated heterocycles. The van der Waals surface area contributed by atoms with E-state index in [-0.39, 0.29) is 29.8 Å². The maximum absolute atomic E-state index is 12.9. The monoisotopic (exact) mass is 411 g/mol. The molecule has 1 aliphatic carbocycles. The lowest BCUT2D eigenvalue weighted by atomic mass is 9.84. The van der Waals surface area contributed by atoms with Crippen LogP contribution in [0.3, 0.4) is 0 Å². The quantitative estimate of drug-likeness (QED) is 0.782. The SMILES string of the molecule is Cc1ccc(C[C@]2(CCC(=O)N3CCN(C4CCCC4)C(=O)C3)CCC(=O)N2)cc1. The molecule has 3 aliphatic rings. The predicted molar refractivity (Wildman–Crippen MR) is 115 cm³/mol. The lowest BCUT2D eigenvalue weighted by Gasteiger charge is -2.38. The number of benzene rings is 1. The molecule has 2 aliphatic heterocycles. The summed E-state index contributed by atoms with van der Waals surface area (Å²) in [6.07, 6.45) is 7.57. The number of hydrogen-bond acceptors (Lipinski definition) is 3. The highest BCUT2D eigenvalue weighted by atomic mass is 16.2. The molecule has 162 valence electrons. The van der Waals surface area contributed by atoms with Gasteiger partial charge in [0.25, 0.3) is 0 Å². The second-order valence-corrected chi connectivity index (χ2v) is 9.33. The molecule has 1 atom stereocenters. The van der Waals surface area contributed by atoms with Crippen molar-refractivity contribution in [1.82, 2.24) is 15.1 Å². The van der Waals surface area contributed by atoms with Crippen LogP contribution in [0.5, 0.6) is 0 Å². The number of aryl methyl sites for hydroxylation is 1. The van der Waals surface area contributed by atoms with E-state index in [0.717, 1.165) is 25.7 Å². The molecule has 0 spiro atoms. The van der Waals surface area contributed by atoms with Gasteiger partial charge in [-0.2, -0.15) is 0 Å². The Morgan fingerprint density at radius 3 is 2.50 bits per heavy atom. The largest absolute Gasteiger partial charge is 0.350 e. The average Bonchev–Trinajstić information content (AvgIpc) is 3.38. The lowest BCUT2D eigenvalue weighted by molar-refractivity contribution is -0.147. The van der Waals surface area contributed by atoms with Crippen molar-refractivity contribution in [3.63, 3.8) is 0 Å². The average molecular weight is 412 g/mol. The molecule has 1 aromatic carbocycles. The zero-order valence-electron chi connectivity index (χ0n) is 18.0. The summed E-state index contributed by atoms with van der Waals surface area (Å²) >= 11 is 0. The van der Waals surface area contributed by atoms with E-state index in [4.69, 9.17) is 0 Å². The van der Waals surface area contributed by atoms with Crippen LogP contribution in [0.2, 0.25) is 0 Å². The summed E-state index contributed by atoms with van der Waals surface area (Å²) in [6, 6.07) is 8.75. The fourth-order valence-corrected chi connectivity index (χ4v) is 5.28. The van der Waals surface area contributed by atoms with E-state index in [1.54, 1.807) is 4.90 Å². The molecule has 1 N–H and O–H groups in total. The number of rotatable bonds is 6. The van der Waals surface area contributed by atoms with E-state index >= 15 is 0 Å². The Morgan fingerprint density at radius 1 is 1.13 bits per heavy atom. The molecule has 1 saturated carbocycles. The van der Waals surface area contributed by atoms with Gasteiger partial charge in [0, 0.05) is 37.5 Å². The van der Waals surface area contributed by atoms with Crippen LogP contribution < -0.4 is 5.32 Å². The van der Waals surface area contributed by atoms with Crippen LogP contribution >= 0.6 is 0 Å². The number of piperazine rings is 1. The minimum absolute atomic E-state index is 0.0267. The van der Waals surface area contributed by atoms with Crippen LogP contribution in [0.15, 0.2) is 24.3 Å². The van der Waals surface area contributed by atoms with Crippen molar-refractivity contribution >= 4 is 17.7 Å². The maximum atomic E-state index is 12.9. The third kappa shape index (κ3) is 4.68. The molecule has 0 unspecified atom stereocenters. The van der Waals surface area contributed by atoms with Crippen molar-refractivity contribution in [2.75, 3.05) is 19.6 Å². The zero-order valence-corrected chi connectivity index (χ0v) is 18.0. The van der Waals surface area contributed by atoms with Gasteiger partial charge < -0.3 is 15.1 Å². The van der Waals surface area contributed by atoms with Crippen molar-refractivity contribution < 1.29 is 14.4 Å². The van der Waals surface area contributed by atoms with Gasteiger partial charge in [0.15, 0.2) is 0 Å². The fraction of sp³-hybridized carbons (Fsp3) is 0.625. The summed E-state index contributed by atoms with van der Waals surface area (Å²) in [7, 11) is 0. The van der Waals surface area contributed by atoms with Crippen molar-refractivity contribution in [2.45, 2.75) is 76.3 Å². The van der Waals surface area contributed by atoms with Crippen LogP contribution in [0.4, 0.5) is 0 Å². The first-order valence-electron chi connectivity index (χ1n) is 11.4. The topological polar surface area (TPSA) is 69.7 Å². The summed E-state index contributed by atoms with van der Waals surface area (Å²) in [5.41, 5.74) is 2.02. The summed E-state index contributed by atoms with van der Waals surface area (Å²) in [6.45, 7) is 3.54. The Bertz CT molecular complexity index is 800. The summed E-state index contributed by atoms with van der Waals surface area (Å²) in [4.78, 5) is 41.2. The van der Waals surface area contributed by atoms with Gasteiger partial charge in [-0.25, -0.2) is 0 Å². The van der Waals surface area contributed by atoms with E-state index in [1.165, 1.54) is 24.0 Å². The van der Waals surface area contributed by atoms with E-state index < -0.39 is 0 Å². The maximum Gasteiger partial charge on any atom is 0.242 e. The second-order valence-electron chi connectivity index (χ2n) is 9.33. The molecule has 0 bridgehead atoms. The van der Waals surface area contributed by atoms with Gasteiger partial charge in [-0.15, -0.1) is 0 Å². The molecule has 6 heteroatoms. The molecule has 2 heterocycles. The Hall–Kier alpha value is -2.37. The minimum atomic E-state index is -0.363. The predicted octanol–water partition coefficient (Wildman–Crippen LogP) is 2.58. The van der Waals surface area contributed by atoms with E-state index in [9.17, 15) is 14.4 Å². The second kappa shape index (κ2) is 8.78. The highest BCUT2D eigenvalue weighted by Gasteiger charge is 2.39. The van der Waals surface area contributed by atoms with E-state index in [1.807, 2.05) is 4.90 Å². The lowest BCUT2D eigenvalue weighted by Crippen LogP contribution is -2.55.